The molecule has 0 saturated carbocycles. The molecule has 242 valence electrons. The van der Waals surface area contributed by atoms with Gasteiger partial charge in [-0.05, 0) is 63.9 Å². The number of hydrogen-bond donors (Lipinski definition) is 1. The van der Waals surface area contributed by atoms with E-state index in [0.717, 1.165) is 50.2 Å². The van der Waals surface area contributed by atoms with Gasteiger partial charge in [-0.2, -0.15) is 9.97 Å². The Morgan fingerprint density at radius 1 is 1.00 bits per heavy atom. The van der Waals surface area contributed by atoms with E-state index in [4.69, 9.17) is 22.1 Å². The molecule has 2 N–H and O–H groups in total. The molecule has 4 unspecified atom stereocenters. The summed E-state index contributed by atoms with van der Waals surface area (Å²) in [5, 5.41) is 0.860. The number of thiazole rings is 1. The summed E-state index contributed by atoms with van der Waals surface area (Å²) in [5.41, 5.74) is 6.62. The van der Waals surface area contributed by atoms with Crippen molar-refractivity contribution in [2.45, 2.75) is 70.2 Å². The molecule has 6 heterocycles. The van der Waals surface area contributed by atoms with Crippen molar-refractivity contribution in [3.63, 3.8) is 0 Å². The number of piperazine rings is 1. The molecule has 4 atom stereocenters. The van der Waals surface area contributed by atoms with Crippen molar-refractivity contribution in [2.75, 3.05) is 51.0 Å². The van der Waals surface area contributed by atoms with Crippen LogP contribution < -0.4 is 15.4 Å². The number of nitrogens with zero attached hydrogens (tertiary/aromatic N) is 6. The molecule has 13 heteroatoms. The number of anilines is 2. The number of fused-ring (bicyclic) bond motifs is 5. The zero-order valence-corrected chi connectivity index (χ0v) is 27.6. The van der Waals surface area contributed by atoms with E-state index in [0.29, 0.717) is 41.4 Å². The highest BCUT2D eigenvalue weighted by molar-refractivity contribution is 7.22. The van der Waals surface area contributed by atoms with Crippen LogP contribution in [0.25, 0.3) is 32.2 Å². The van der Waals surface area contributed by atoms with Crippen molar-refractivity contribution in [1.29, 1.82) is 0 Å². The smallest absolute Gasteiger partial charge is 0.318 e. The number of aromatic nitrogens is 3. The highest BCUT2D eigenvalue weighted by atomic mass is 35.5. The fourth-order valence-corrected chi connectivity index (χ4v) is 8.30. The number of rotatable bonds is 3. The van der Waals surface area contributed by atoms with Crippen molar-refractivity contribution < 1.29 is 17.9 Å². The van der Waals surface area contributed by atoms with Gasteiger partial charge < -0.3 is 15.4 Å². The molecule has 4 aromatic rings. The minimum Gasteiger partial charge on any atom is -0.467 e. The molecule has 2 aromatic heterocycles. The van der Waals surface area contributed by atoms with Crippen LogP contribution in [0.15, 0.2) is 18.2 Å². The summed E-state index contributed by atoms with van der Waals surface area (Å²) < 4.78 is 48.7. The second kappa shape index (κ2) is 13.1. The SMILES string of the molecule is CC.COc1nc(N2CC3CCC(C2)N3C)c2cc(Cl)c(-c3ccc(F)c4sc(N)nc34)c(F)c2n1.FC1CC2CCCN2C1. The van der Waals surface area contributed by atoms with Crippen molar-refractivity contribution in [3.8, 4) is 17.1 Å². The second-order valence-corrected chi connectivity index (χ2v) is 13.3. The van der Waals surface area contributed by atoms with E-state index < -0.39 is 17.8 Å². The van der Waals surface area contributed by atoms with E-state index in [9.17, 15) is 8.78 Å². The summed E-state index contributed by atoms with van der Waals surface area (Å²) in [6.45, 7) is 7.41. The fourth-order valence-electron chi connectivity index (χ4n) is 7.25. The van der Waals surface area contributed by atoms with Crippen LogP contribution >= 0.6 is 22.9 Å². The maximum absolute atomic E-state index is 16.1. The molecule has 2 aromatic carbocycles. The lowest BCUT2D eigenvalue weighted by Gasteiger charge is -2.39. The van der Waals surface area contributed by atoms with Crippen LogP contribution in [-0.4, -0.2) is 89.4 Å². The van der Waals surface area contributed by atoms with Gasteiger partial charge in [0.25, 0.3) is 0 Å². The highest BCUT2D eigenvalue weighted by Gasteiger charge is 2.39. The molecule has 4 aliphatic rings. The Morgan fingerprint density at radius 2 is 1.73 bits per heavy atom. The summed E-state index contributed by atoms with van der Waals surface area (Å²) in [6.07, 6.45) is 5.05. The van der Waals surface area contributed by atoms with E-state index in [2.05, 4.69) is 36.7 Å². The average Bonchev–Trinajstić information content (AvgIpc) is 3.77. The number of alkyl halides is 1. The van der Waals surface area contributed by atoms with E-state index in [1.807, 2.05) is 13.8 Å². The Balaban J connectivity index is 0.000000275. The molecular formula is C32H39ClF3N7OS. The first kappa shape index (κ1) is 32.0. The number of nitrogens with two attached hydrogens (primary N) is 1. The molecule has 0 spiro atoms. The summed E-state index contributed by atoms with van der Waals surface area (Å²) in [7, 11) is 3.60. The van der Waals surface area contributed by atoms with Crippen molar-refractivity contribution in [1.82, 2.24) is 24.8 Å². The molecule has 4 aliphatic heterocycles. The topological polar surface area (TPSA) is 83.6 Å². The standard InChI is InChI=1S/C23H21ClF2N6OS.C7H12FN.C2H6/c1-31-10-3-4-11(31)9-32(8-10)21-13-7-14(24)16(17(26)18(13)29-23(30-21)33-2)12-5-6-15(25)20-19(12)28-22(27)34-20;8-6-4-7-2-1-3-9(7)5-6;1-2/h5-7,10-11H,3-4,8-9H2,1-2H3,(H2,27,28);6-7H,1-5H2;1-2H3. The van der Waals surface area contributed by atoms with Crippen LogP contribution in [0.5, 0.6) is 6.01 Å². The molecule has 2 bridgehead atoms. The van der Waals surface area contributed by atoms with Gasteiger partial charge in [0.05, 0.1) is 22.3 Å². The van der Waals surface area contributed by atoms with Crippen molar-refractivity contribution in [3.05, 3.63) is 34.9 Å². The zero-order valence-electron chi connectivity index (χ0n) is 26.0. The molecule has 45 heavy (non-hydrogen) atoms. The predicted octanol–water partition coefficient (Wildman–Crippen LogP) is 6.93. The number of methoxy groups -OCH3 is 1. The molecule has 4 saturated heterocycles. The maximum Gasteiger partial charge on any atom is 0.318 e. The first-order valence-electron chi connectivity index (χ1n) is 15.7. The van der Waals surface area contributed by atoms with Gasteiger partial charge in [0, 0.05) is 54.3 Å². The third-order valence-corrected chi connectivity index (χ3v) is 10.6. The number of likely N-dealkylation sites (N-methyl/N-ethyl adjacent to an activating group) is 1. The number of hydrogen-bond acceptors (Lipinski definition) is 9. The minimum atomic E-state index is -0.638. The second-order valence-electron chi connectivity index (χ2n) is 11.9. The third-order valence-electron chi connectivity index (χ3n) is 9.41. The van der Waals surface area contributed by atoms with Crippen LogP contribution in [0.4, 0.5) is 24.1 Å². The quantitative estimate of drug-likeness (QED) is 0.253. The van der Waals surface area contributed by atoms with Crippen LogP contribution in [-0.2, 0) is 0 Å². The molecule has 0 amide bonds. The van der Waals surface area contributed by atoms with Crippen LogP contribution in [0.1, 0.15) is 46.0 Å². The number of ether oxygens (including phenoxy) is 1. The lowest BCUT2D eigenvalue weighted by molar-refractivity contribution is 0.212. The van der Waals surface area contributed by atoms with E-state index >= 15 is 4.39 Å². The molecule has 8 nitrogen and oxygen atoms in total. The van der Waals surface area contributed by atoms with Crippen LogP contribution in [0.3, 0.4) is 0 Å². The Hall–Kier alpha value is -2.93. The van der Waals surface area contributed by atoms with Gasteiger partial charge in [-0.1, -0.05) is 36.8 Å². The largest absolute Gasteiger partial charge is 0.467 e. The summed E-state index contributed by atoms with van der Waals surface area (Å²) in [6, 6.07) is 5.91. The number of benzene rings is 2. The Labute approximate surface area is 270 Å². The number of nitrogen functional groups attached to an aromatic ring is 1. The lowest BCUT2D eigenvalue weighted by Crippen LogP contribution is -2.52. The Morgan fingerprint density at radius 3 is 2.42 bits per heavy atom. The first-order valence-corrected chi connectivity index (χ1v) is 16.8. The van der Waals surface area contributed by atoms with E-state index in [1.165, 1.54) is 32.1 Å². The predicted molar refractivity (Wildman–Crippen MR) is 176 cm³/mol. The van der Waals surface area contributed by atoms with E-state index in [1.54, 1.807) is 6.07 Å². The Kier molecular flexibility index (Phi) is 9.29. The first-order chi connectivity index (χ1) is 21.7. The lowest BCUT2D eigenvalue weighted by atomic mass is 10.0. The zero-order chi connectivity index (χ0) is 32.0. The maximum atomic E-state index is 16.1. The highest BCUT2D eigenvalue weighted by Crippen LogP contribution is 2.43. The van der Waals surface area contributed by atoms with Gasteiger partial charge in [0.1, 0.15) is 23.3 Å². The van der Waals surface area contributed by atoms with E-state index in [-0.39, 0.29) is 37.5 Å². The summed E-state index contributed by atoms with van der Waals surface area (Å²) in [5.74, 6) is -0.511. The summed E-state index contributed by atoms with van der Waals surface area (Å²) in [4.78, 5) is 20.0. The number of halogens is 4. The van der Waals surface area contributed by atoms with Gasteiger partial charge in [-0.3, -0.25) is 9.80 Å². The fraction of sp³-hybridized carbons (Fsp3) is 0.531. The van der Waals surface area contributed by atoms with Gasteiger partial charge in [0.15, 0.2) is 10.9 Å². The van der Waals surface area contributed by atoms with Gasteiger partial charge >= 0.3 is 6.01 Å². The van der Waals surface area contributed by atoms with Crippen molar-refractivity contribution >= 4 is 55.0 Å². The van der Waals surface area contributed by atoms with Crippen LogP contribution in [0, 0.1) is 11.6 Å². The van der Waals surface area contributed by atoms with Crippen LogP contribution in [0.2, 0.25) is 5.02 Å². The van der Waals surface area contributed by atoms with Crippen molar-refractivity contribution in [2.24, 2.45) is 0 Å². The monoisotopic (exact) mass is 661 g/mol. The third kappa shape index (κ3) is 5.90. The minimum absolute atomic E-state index is 0.0723. The molecular weight excluding hydrogens is 623 g/mol. The molecule has 4 fully saturated rings. The molecule has 0 radical (unpaired) electrons. The molecule has 8 rings (SSSR count). The Bertz CT molecular complexity index is 1680. The van der Waals surface area contributed by atoms with Gasteiger partial charge in [-0.25, -0.2) is 18.2 Å². The van der Waals surface area contributed by atoms with Gasteiger partial charge in [-0.15, -0.1) is 0 Å². The summed E-state index contributed by atoms with van der Waals surface area (Å²) >= 11 is 7.67. The molecule has 0 aliphatic carbocycles. The average molecular weight is 662 g/mol. The normalized spacial score (nSPS) is 24.4. The van der Waals surface area contributed by atoms with Gasteiger partial charge in [0.2, 0.25) is 0 Å².